The van der Waals surface area contributed by atoms with Gasteiger partial charge >= 0.3 is 0 Å². The molecule has 0 aliphatic heterocycles. The lowest BCUT2D eigenvalue weighted by Gasteiger charge is -2.21. The van der Waals surface area contributed by atoms with E-state index in [9.17, 15) is 4.79 Å². The van der Waals surface area contributed by atoms with Crippen LogP contribution < -0.4 is 10.5 Å². The lowest BCUT2D eigenvalue weighted by Crippen LogP contribution is -2.27. The summed E-state index contributed by atoms with van der Waals surface area (Å²) in [6.07, 6.45) is 0. The van der Waals surface area contributed by atoms with Crippen molar-refractivity contribution < 1.29 is 9.53 Å². The summed E-state index contributed by atoms with van der Waals surface area (Å²) in [5.74, 6) is 0.685. The highest BCUT2D eigenvalue weighted by Crippen LogP contribution is 2.21. The monoisotopic (exact) mass is 355 g/mol. The molecule has 0 bridgehead atoms. The third-order valence-corrected chi connectivity index (χ3v) is 4.17. The molecule has 5 nitrogen and oxygen atoms in total. The zero-order valence-electron chi connectivity index (χ0n) is 16.2. The molecule has 0 aliphatic carbocycles. The number of carbonyl (C=O) groups is 1. The van der Waals surface area contributed by atoms with Gasteiger partial charge in [0.25, 0.3) is 5.91 Å². The molecule has 2 rings (SSSR count). The van der Waals surface area contributed by atoms with Crippen LogP contribution in [-0.4, -0.2) is 50.0 Å². The van der Waals surface area contributed by atoms with Crippen molar-refractivity contribution in [3.05, 3.63) is 64.7 Å². The van der Waals surface area contributed by atoms with Gasteiger partial charge in [-0.05, 0) is 49.8 Å². The van der Waals surface area contributed by atoms with E-state index in [1.807, 2.05) is 52.3 Å². The van der Waals surface area contributed by atoms with Crippen molar-refractivity contribution in [1.29, 1.82) is 0 Å². The van der Waals surface area contributed by atoms with Crippen LogP contribution in [0.4, 0.5) is 0 Å². The van der Waals surface area contributed by atoms with Crippen molar-refractivity contribution >= 4 is 5.91 Å². The molecule has 0 unspecified atom stereocenters. The number of hydrogen-bond donors (Lipinski definition) is 1. The summed E-state index contributed by atoms with van der Waals surface area (Å²) in [4.78, 5) is 16.7. The Balaban J connectivity index is 2.15. The smallest absolute Gasteiger partial charge is 0.254 e. The number of amides is 1. The standard InChI is InChI=1S/C21H29N3O2/c1-16-9-10-17(13-20(16)26-12-11-22)21(25)24(4)15-19-8-6-5-7-18(19)14-23(2)3/h5-10,13H,11-12,14-15,22H2,1-4H3. The summed E-state index contributed by atoms with van der Waals surface area (Å²) >= 11 is 0. The molecule has 26 heavy (non-hydrogen) atoms. The molecule has 140 valence electrons. The highest BCUT2D eigenvalue weighted by Gasteiger charge is 2.15. The highest BCUT2D eigenvalue weighted by molar-refractivity contribution is 5.94. The SMILES string of the molecule is Cc1ccc(C(=O)N(C)Cc2ccccc2CN(C)C)cc1OCCN. The van der Waals surface area contributed by atoms with Crippen molar-refractivity contribution in [2.75, 3.05) is 34.3 Å². The van der Waals surface area contributed by atoms with Crippen molar-refractivity contribution in [2.24, 2.45) is 5.73 Å². The van der Waals surface area contributed by atoms with Crippen LogP contribution in [0.15, 0.2) is 42.5 Å². The minimum absolute atomic E-state index is 0.0257. The van der Waals surface area contributed by atoms with E-state index in [0.717, 1.165) is 17.7 Å². The van der Waals surface area contributed by atoms with E-state index in [4.69, 9.17) is 10.5 Å². The molecule has 0 aliphatic rings. The predicted octanol–water partition coefficient (Wildman–Crippen LogP) is 2.67. The highest BCUT2D eigenvalue weighted by atomic mass is 16.5. The van der Waals surface area contributed by atoms with Crippen molar-refractivity contribution in [1.82, 2.24) is 9.80 Å². The van der Waals surface area contributed by atoms with Crippen LogP contribution in [0.3, 0.4) is 0 Å². The second kappa shape index (κ2) is 9.36. The molecule has 0 aromatic heterocycles. The molecule has 0 heterocycles. The first-order valence-corrected chi connectivity index (χ1v) is 8.83. The Kier molecular flexibility index (Phi) is 7.18. The third kappa shape index (κ3) is 5.31. The van der Waals surface area contributed by atoms with Crippen LogP contribution in [0.5, 0.6) is 5.75 Å². The summed E-state index contributed by atoms with van der Waals surface area (Å²) in [7, 11) is 5.91. The van der Waals surface area contributed by atoms with Gasteiger partial charge in [0.1, 0.15) is 12.4 Å². The topological polar surface area (TPSA) is 58.8 Å². The zero-order chi connectivity index (χ0) is 19.1. The maximum Gasteiger partial charge on any atom is 0.254 e. The van der Waals surface area contributed by atoms with Crippen LogP contribution in [0.25, 0.3) is 0 Å². The minimum atomic E-state index is -0.0257. The number of nitrogens with two attached hydrogens (primary N) is 1. The van der Waals surface area contributed by atoms with Crippen LogP contribution in [0, 0.1) is 6.92 Å². The number of ether oxygens (including phenoxy) is 1. The van der Waals surface area contributed by atoms with Gasteiger partial charge in [-0.2, -0.15) is 0 Å². The first-order valence-electron chi connectivity index (χ1n) is 8.83. The molecular formula is C21H29N3O2. The van der Waals surface area contributed by atoms with E-state index < -0.39 is 0 Å². The van der Waals surface area contributed by atoms with Gasteiger partial charge in [-0.3, -0.25) is 4.79 Å². The fourth-order valence-electron chi connectivity index (χ4n) is 2.81. The first kappa shape index (κ1) is 19.9. The number of rotatable bonds is 8. The van der Waals surface area contributed by atoms with E-state index in [1.165, 1.54) is 5.56 Å². The molecule has 0 atom stereocenters. The lowest BCUT2D eigenvalue weighted by molar-refractivity contribution is 0.0784. The van der Waals surface area contributed by atoms with Gasteiger partial charge in [0.2, 0.25) is 0 Å². The molecule has 0 saturated carbocycles. The average Bonchev–Trinajstić information content (AvgIpc) is 2.61. The van der Waals surface area contributed by atoms with E-state index in [-0.39, 0.29) is 5.91 Å². The molecule has 2 aromatic carbocycles. The fraction of sp³-hybridized carbons (Fsp3) is 0.381. The Morgan fingerprint density at radius 3 is 2.31 bits per heavy atom. The molecular weight excluding hydrogens is 326 g/mol. The Labute approximate surface area is 156 Å². The lowest BCUT2D eigenvalue weighted by atomic mass is 10.1. The van der Waals surface area contributed by atoms with Gasteiger partial charge < -0.3 is 20.3 Å². The minimum Gasteiger partial charge on any atom is -0.492 e. The summed E-state index contributed by atoms with van der Waals surface area (Å²) in [6, 6.07) is 13.8. The van der Waals surface area contributed by atoms with Crippen LogP contribution in [0.2, 0.25) is 0 Å². The Hall–Kier alpha value is -2.37. The number of hydrogen-bond acceptors (Lipinski definition) is 4. The van der Waals surface area contributed by atoms with Gasteiger partial charge in [0, 0.05) is 32.2 Å². The molecule has 0 radical (unpaired) electrons. The maximum atomic E-state index is 12.9. The second-order valence-corrected chi connectivity index (χ2v) is 6.79. The van der Waals surface area contributed by atoms with Crippen LogP contribution >= 0.6 is 0 Å². The Morgan fingerprint density at radius 2 is 1.69 bits per heavy atom. The Morgan fingerprint density at radius 1 is 1.04 bits per heavy atom. The van der Waals surface area contributed by atoms with Crippen molar-refractivity contribution in [3.63, 3.8) is 0 Å². The average molecular weight is 355 g/mol. The Bertz CT molecular complexity index is 744. The predicted molar refractivity (Wildman–Crippen MR) is 105 cm³/mol. The summed E-state index contributed by atoms with van der Waals surface area (Å²) in [6.45, 7) is 4.25. The summed E-state index contributed by atoms with van der Waals surface area (Å²) in [5, 5.41) is 0. The molecule has 2 N–H and O–H groups in total. The van der Waals surface area contributed by atoms with Gasteiger partial charge in [0.15, 0.2) is 0 Å². The number of nitrogens with zero attached hydrogens (tertiary/aromatic N) is 2. The van der Waals surface area contributed by atoms with Crippen molar-refractivity contribution in [2.45, 2.75) is 20.0 Å². The molecule has 0 spiro atoms. The fourth-order valence-corrected chi connectivity index (χ4v) is 2.81. The largest absolute Gasteiger partial charge is 0.492 e. The van der Waals surface area contributed by atoms with E-state index >= 15 is 0 Å². The molecule has 2 aromatic rings. The number of carbonyl (C=O) groups excluding carboxylic acids is 1. The zero-order valence-corrected chi connectivity index (χ0v) is 16.2. The van der Waals surface area contributed by atoms with Gasteiger partial charge in [-0.1, -0.05) is 30.3 Å². The van der Waals surface area contributed by atoms with Crippen LogP contribution in [0.1, 0.15) is 27.0 Å². The number of benzene rings is 2. The molecule has 5 heteroatoms. The van der Waals surface area contributed by atoms with Gasteiger partial charge in [0.05, 0.1) is 0 Å². The van der Waals surface area contributed by atoms with E-state index in [0.29, 0.717) is 31.0 Å². The van der Waals surface area contributed by atoms with E-state index in [1.54, 1.807) is 11.0 Å². The van der Waals surface area contributed by atoms with E-state index in [2.05, 4.69) is 17.0 Å². The van der Waals surface area contributed by atoms with Gasteiger partial charge in [-0.15, -0.1) is 0 Å². The summed E-state index contributed by atoms with van der Waals surface area (Å²) in [5.41, 5.74) is 9.50. The van der Waals surface area contributed by atoms with Crippen molar-refractivity contribution in [3.8, 4) is 5.75 Å². The summed E-state index contributed by atoms with van der Waals surface area (Å²) < 4.78 is 5.64. The molecule has 0 saturated heterocycles. The quantitative estimate of drug-likeness (QED) is 0.791. The van der Waals surface area contributed by atoms with Crippen LogP contribution in [-0.2, 0) is 13.1 Å². The third-order valence-electron chi connectivity index (χ3n) is 4.17. The second-order valence-electron chi connectivity index (χ2n) is 6.79. The molecule has 1 amide bonds. The first-order chi connectivity index (χ1) is 12.4. The number of aryl methyl sites for hydroxylation is 1. The van der Waals surface area contributed by atoms with Gasteiger partial charge in [-0.25, -0.2) is 0 Å². The normalized spacial score (nSPS) is 10.8. The maximum absolute atomic E-state index is 12.9. The molecule has 0 fully saturated rings.